The summed E-state index contributed by atoms with van der Waals surface area (Å²) in [7, 11) is 0. The molecule has 2 heteroatoms. The van der Waals surface area contributed by atoms with Crippen molar-refractivity contribution in [2.45, 2.75) is 44.9 Å². The molecule has 1 nitrogen and oxygen atoms in total. The monoisotopic (exact) mass is 238 g/mol. The van der Waals surface area contributed by atoms with Crippen molar-refractivity contribution < 1.29 is 5.11 Å². The van der Waals surface area contributed by atoms with Gasteiger partial charge >= 0.3 is 0 Å². The average Bonchev–Trinajstić information content (AvgIpc) is 2.15. The van der Waals surface area contributed by atoms with Crippen LogP contribution in [0.25, 0.3) is 0 Å². The standard InChI is InChI=1S/C14H22OS/c1-10-8-12(14(3,4)5)9-11(2)13(10)16-7-6-15/h8-9,15H,6-7H2,1-5H3. The van der Waals surface area contributed by atoms with E-state index >= 15 is 0 Å². The molecule has 0 fully saturated rings. The molecular formula is C14H22OS. The minimum atomic E-state index is 0.204. The summed E-state index contributed by atoms with van der Waals surface area (Å²) in [5.74, 6) is 0.774. The minimum absolute atomic E-state index is 0.204. The highest BCUT2D eigenvalue weighted by atomic mass is 32.2. The van der Waals surface area contributed by atoms with Crippen molar-refractivity contribution >= 4 is 11.8 Å². The van der Waals surface area contributed by atoms with E-state index in [0.717, 1.165) is 5.75 Å². The quantitative estimate of drug-likeness (QED) is 0.811. The van der Waals surface area contributed by atoms with Gasteiger partial charge in [0.25, 0.3) is 0 Å². The first-order chi connectivity index (χ1) is 7.36. The molecule has 1 N–H and O–H groups in total. The van der Waals surface area contributed by atoms with Crippen molar-refractivity contribution in [2.75, 3.05) is 12.4 Å². The Labute approximate surface area is 103 Å². The molecule has 0 heterocycles. The second-order valence-corrected chi connectivity index (χ2v) is 6.37. The first-order valence-corrected chi connectivity index (χ1v) is 6.70. The van der Waals surface area contributed by atoms with Gasteiger partial charge < -0.3 is 5.11 Å². The van der Waals surface area contributed by atoms with Crippen molar-refractivity contribution in [3.63, 3.8) is 0 Å². The Kier molecular flexibility index (Phi) is 4.45. The summed E-state index contributed by atoms with van der Waals surface area (Å²) in [5.41, 5.74) is 4.23. The Morgan fingerprint density at radius 2 is 1.62 bits per heavy atom. The summed E-state index contributed by atoms with van der Waals surface area (Å²) in [6.07, 6.45) is 0. The van der Waals surface area contributed by atoms with Crippen LogP contribution in [0.1, 0.15) is 37.5 Å². The molecule has 0 saturated carbocycles. The fraction of sp³-hybridized carbons (Fsp3) is 0.571. The smallest absolute Gasteiger partial charge is 0.0525 e. The van der Waals surface area contributed by atoms with E-state index < -0.39 is 0 Å². The van der Waals surface area contributed by atoms with E-state index in [1.54, 1.807) is 11.8 Å². The lowest BCUT2D eigenvalue weighted by Crippen LogP contribution is -2.12. The van der Waals surface area contributed by atoms with Crippen LogP contribution in [-0.2, 0) is 5.41 Å². The molecule has 0 unspecified atom stereocenters. The molecule has 1 rings (SSSR count). The number of rotatable bonds is 3. The van der Waals surface area contributed by atoms with Crippen molar-refractivity contribution in [1.29, 1.82) is 0 Å². The van der Waals surface area contributed by atoms with E-state index in [1.807, 2.05) is 0 Å². The summed E-state index contributed by atoms with van der Waals surface area (Å²) < 4.78 is 0. The Balaban J connectivity index is 3.08. The summed E-state index contributed by atoms with van der Waals surface area (Å²) in [4.78, 5) is 1.32. The van der Waals surface area contributed by atoms with Gasteiger partial charge in [0.1, 0.15) is 0 Å². The fourth-order valence-corrected chi connectivity index (χ4v) is 2.63. The number of thioether (sulfide) groups is 1. The van der Waals surface area contributed by atoms with Crippen LogP contribution >= 0.6 is 11.8 Å². The maximum Gasteiger partial charge on any atom is 0.0525 e. The highest BCUT2D eigenvalue weighted by Crippen LogP contribution is 2.31. The second kappa shape index (κ2) is 5.24. The van der Waals surface area contributed by atoms with Crippen molar-refractivity contribution in [3.8, 4) is 0 Å². The molecule has 90 valence electrons. The van der Waals surface area contributed by atoms with Crippen LogP contribution in [0.3, 0.4) is 0 Å². The second-order valence-electron chi connectivity index (χ2n) is 5.26. The number of aliphatic hydroxyl groups excluding tert-OH is 1. The molecule has 0 amide bonds. The van der Waals surface area contributed by atoms with Gasteiger partial charge in [-0.2, -0.15) is 0 Å². The number of aryl methyl sites for hydroxylation is 2. The fourth-order valence-electron chi connectivity index (χ4n) is 1.76. The highest BCUT2D eigenvalue weighted by molar-refractivity contribution is 7.99. The number of benzene rings is 1. The van der Waals surface area contributed by atoms with E-state index in [-0.39, 0.29) is 12.0 Å². The first-order valence-electron chi connectivity index (χ1n) is 5.71. The third kappa shape index (κ3) is 3.26. The molecule has 0 aliphatic rings. The zero-order chi connectivity index (χ0) is 12.3. The Hall–Kier alpha value is -0.470. The molecule has 0 saturated heterocycles. The summed E-state index contributed by atoms with van der Waals surface area (Å²) in [6.45, 7) is 11.3. The molecule has 0 spiro atoms. The van der Waals surface area contributed by atoms with Gasteiger partial charge in [-0.05, 0) is 36.0 Å². The molecular weight excluding hydrogens is 216 g/mol. The first kappa shape index (κ1) is 13.6. The largest absolute Gasteiger partial charge is 0.396 e. The van der Waals surface area contributed by atoms with E-state index in [1.165, 1.54) is 21.6 Å². The molecule has 1 aromatic rings. The Bertz CT molecular complexity index is 340. The zero-order valence-electron chi connectivity index (χ0n) is 10.9. The third-order valence-corrected chi connectivity index (χ3v) is 3.98. The van der Waals surface area contributed by atoms with Gasteiger partial charge in [0.2, 0.25) is 0 Å². The van der Waals surface area contributed by atoms with Gasteiger partial charge in [-0.25, -0.2) is 0 Å². The van der Waals surface area contributed by atoms with Crippen LogP contribution in [0, 0.1) is 13.8 Å². The van der Waals surface area contributed by atoms with Gasteiger partial charge in [-0.3, -0.25) is 0 Å². The molecule has 0 aliphatic heterocycles. The Morgan fingerprint density at radius 3 is 2.00 bits per heavy atom. The van der Waals surface area contributed by atoms with Gasteiger partial charge in [-0.15, -0.1) is 11.8 Å². The lowest BCUT2D eigenvalue weighted by molar-refractivity contribution is 0.322. The van der Waals surface area contributed by atoms with Crippen molar-refractivity contribution in [2.24, 2.45) is 0 Å². The van der Waals surface area contributed by atoms with Crippen molar-refractivity contribution in [3.05, 3.63) is 28.8 Å². The zero-order valence-corrected chi connectivity index (χ0v) is 11.7. The average molecular weight is 238 g/mol. The molecule has 16 heavy (non-hydrogen) atoms. The lowest BCUT2D eigenvalue weighted by atomic mass is 9.85. The summed E-state index contributed by atoms with van der Waals surface area (Å²) >= 11 is 1.74. The van der Waals surface area contributed by atoms with Crippen LogP contribution in [0.15, 0.2) is 17.0 Å². The molecule has 0 bridgehead atoms. The molecule has 0 atom stereocenters. The minimum Gasteiger partial charge on any atom is -0.396 e. The van der Waals surface area contributed by atoms with Crippen LogP contribution in [0.2, 0.25) is 0 Å². The van der Waals surface area contributed by atoms with Crippen LogP contribution < -0.4 is 0 Å². The van der Waals surface area contributed by atoms with Gasteiger partial charge in [-0.1, -0.05) is 32.9 Å². The SMILES string of the molecule is Cc1cc(C(C)(C)C)cc(C)c1SCCO. The predicted octanol–water partition coefficient (Wildman–Crippen LogP) is 3.69. The van der Waals surface area contributed by atoms with Crippen LogP contribution in [0.5, 0.6) is 0 Å². The van der Waals surface area contributed by atoms with Crippen LogP contribution in [0.4, 0.5) is 0 Å². The normalized spacial score (nSPS) is 11.9. The summed E-state index contributed by atoms with van der Waals surface area (Å²) in [6, 6.07) is 4.54. The lowest BCUT2D eigenvalue weighted by Gasteiger charge is -2.22. The third-order valence-electron chi connectivity index (χ3n) is 2.66. The van der Waals surface area contributed by atoms with Gasteiger partial charge in [0, 0.05) is 10.6 Å². The number of hydrogen-bond donors (Lipinski definition) is 1. The topological polar surface area (TPSA) is 20.2 Å². The summed E-state index contributed by atoms with van der Waals surface area (Å²) in [5, 5.41) is 8.87. The van der Waals surface area contributed by atoms with E-state index in [4.69, 9.17) is 5.11 Å². The van der Waals surface area contributed by atoms with Gasteiger partial charge in [0.05, 0.1) is 6.61 Å². The van der Waals surface area contributed by atoms with Gasteiger partial charge in [0.15, 0.2) is 0 Å². The maximum absolute atomic E-state index is 8.87. The van der Waals surface area contributed by atoms with E-state index in [9.17, 15) is 0 Å². The van der Waals surface area contributed by atoms with E-state index in [0.29, 0.717) is 0 Å². The number of hydrogen-bond acceptors (Lipinski definition) is 2. The predicted molar refractivity (Wildman–Crippen MR) is 72.4 cm³/mol. The Morgan fingerprint density at radius 1 is 1.12 bits per heavy atom. The highest BCUT2D eigenvalue weighted by Gasteiger charge is 2.16. The van der Waals surface area contributed by atoms with Crippen molar-refractivity contribution in [1.82, 2.24) is 0 Å². The van der Waals surface area contributed by atoms with E-state index in [2.05, 4.69) is 46.8 Å². The molecule has 0 aliphatic carbocycles. The molecule has 1 aromatic carbocycles. The molecule has 0 aromatic heterocycles. The van der Waals surface area contributed by atoms with Crippen LogP contribution in [-0.4, -0.2) is 17.5 Å². The maximum atomic E-state index is 8.87. The number of aliphatic hydroxyl groups is 1. The molecule has 0 radical (unpaired) electrons.